The van der Waals surface area contributed by atoms with Crippen molar-refractivity contribution >= 4 is 11.8 Å². The Labute approximate surface area is 120 Å². The second-order valence-electron chi connectivity index (χ2n) is 6.14. The lowest BCUT2D eigenvalue weighted by Crippen LogP contribution is -2.49. The van der Waals surface area contributed by atoms with Crippen LogP contribution in [0.5, 0.6) is 0 Å². The number of carbonyl (C=O) groups excluding carboxylic acids is 1. The molecule has 20 heavy (non-hydrogen) atoms. The molecule has 1 aromatic heterocycles. The summed E-state index contributed by atoms with van der Waals surface area (Å²) in [5.74, 6) is 0. The van der Waals surface area contributed by atoms with E-state index in [1.165, 1.54) is 0 Å². The maximum Gasteiger partial charge on any atom is 0.407 e. The van der Waals surface area contributed by atoms with Gasteiger partial charge in [-0.3, -0.25) is 4.98 Å². The summed E-state index contributed by atoms with van der Waals surface area (Å²) >= 11 is 0. The van der Waals surface area contributed by atoms with Crippen LogP contribution >= 0.6 is 0 Å². The van der Waals surface area contributed by atoms with Gasteiger partial charge in [0.25, 0.3) is 0 Å². The molecule has 1 aromatic rings. The lowest BCUT2D eigenvalue weighted by molar-refractivity contribution is 0.0500. The predicted octanol–water partition coefficient (Wildman–Crippen LogP) is 2.58. The quantitative estimate of drug-likeness (QED) is 0.902. The van der Waals surface area contributed by atoms with Crippen LogP contribution < -0.4 is 10.2 Å². The van der Waals surface area contributed by atoms with Crippen LogP contribution in [0.1, 0.15) is 33.6 Å². The molecule has 0 unspecified atom stereocenters. The average molecular weight is 277 g/mol. The van der Waals surface area contributed by atoms with E-state index >= 15 is 0 Å². The highest BCUT2D eigenvalue weighted by Crippen LogP contribution is 2.19. The molecule has 2 heterocycles. The van der Waals surface area contributed by atoms with Gasteiger partial charge in [-0.2, -0.15) is 0 Å². The lowest BCUT2D eigenvalue weighted by atomic mass is 10.1. The molecule has 0 bridgehead atoms. The minimum atomic E-state index is -0.457. The van der Waals surface area contributed by atoms with Gasteiger partial charge in [-0.25, -0.2) is 4.79 Å². The van der Waals surface area contributed by atoms with Crippen LogP contribution in [0.3, 0.4) is 0 Å². The summed E-state index contributed by atoms with van der Waals surface area (Å²) in [5.41, 5.74) is 0.644. The third-order valence-electron chi connectivity index (χ3n) is 3.15. The van der Waals surface area contributed by atoms with Crippen molar-refractivity contribution in [1.82, 2.24) is 10.3 Å². The number of carbonyl (C=O) groups is 1. The summed E-state index contributed by atoms with van der Waals surface area (Å²) in [6.07, 6.45) is 5.32. The second kappa shape index (κ2) is 6.11. The largest absolute Gasteiger partial charge is 0.444 e. The second-order valence-corrected chi connectivity index (χ2v) is 6.14. The predicted molar refractivity (Wildman–Crippen MR) is 78.8 cm³/mol. The van der Waals surface area contributed by atoms with Gasteiger partial charge in [-0.1, -0.05) is 0 Å². The van der Waals surface area contributed by atoms with Gasteiger partial charge in [0.15, 0.2) is 0 Å². The van der Waals surface area contributed by atoms with Crippen molar-refractivity contribution < 1.29 is 9.53 Å². The zero-order valence-corrected chi connectivity index (χ0v) is 12.4. The van der Waals surface area contributed by atoms with E-state index in [4.69, 9.17) is 4.74 Å². The van der Waals surface area contributed by atoms with Gasteiger partial charge in [0.1, 0.15) is 5.60 Å². The zero-order valence-electron chi connectivity index (χ0n) is 12.4. The van der Waals surface area contributed by atoms with E-state index in [9.17, 15) is 4.79 Å². The first-order valence-electron chi connectivity index (χ1n) is 7.08. The molecule has 0 aliphatic carbocycles. The Kier molecular flexibility index (Phi) is 4.47. The summed E-state index contributed by atoms with van der Waals surface area (Å²) in [6.45, 7) is 7.41. The van der Waals surface area contributed by atoms with E-state index in [1.54, 1.807) is 6.20 Å². The van der Waals surface area contributed by atoms with Gasteiger partial charge in [-0.15, -0.1) is 0 Å². The highest BCUT2D eigenvalue weighted by atomic mass is 16.6. The minimum absolute atomic E-state index is 0.124. The molecule has 1 saturated heterocycles. The third kappa shape index (κ3) is 4.40. The Morgan fingerprint density at radius 2 is 2.30 bits per heavy atom. The number of alkyl carbamates (subject to hydrolysis) is 1. The van der Waals surface area contributed by atoms with Crippen LogP contribution in [0.15, 0.2) is 24.5 Å². The van der Waals surface area contributed by atoms with Crippen molar-refractivity contribution in [3.8, 4) is 0 Å². The summed E-state index contributed by atoms with van der Waals surface area (Å²) in [6, 6.07) is 4.10. The smallest absolute Gasteiger partial charge is 0.407 e. The summed E-state index contributed by atoms with van der Waals surface area (Å²) in [4.78, 5) is 18.2. The number of aromatic nitrogens is 1. The van der Waals surface area contributed by atoms with Crippen LogP contribution in [-0.4, -0.2) is 35.8 Å². The molecule has 2 rings (SSSR count). The molecule has 5 heteroatoms. The van der Waals surface area contributed by atoms with Gasteiger partial charge >= 0.3 is 6.09 Å². The number of piperidine rings is 1. The van der Waals surface area contributed by atoms with E-state index < -0.39 is 5.60 Å². The third-order valence-corrected chi connectivity index (χ3v) is 3.15. The number of nitrogens with zero attached hydrogens (tertiary/aromatic N) is 2. The Balaban J connectivity index is 1.89. The van der Waals surface area contributed by atoms with Crippen molar-refractivity contribution in [3.63, 3.8) is 0 Å². The number of rotatable bonds is 2. The Morgan fingerprint density at radius 1 is 1.50 bits per heavy atom. The van der Waals surface area contributed by atoms with Crippen molar-refractivity contribution in [2.45, 2.75) is 45.3 Å². The molecule has 5 nitrogen and oxygen atoms in total. The van der Waals surface area contributed by atoms with E-state index in [0.717, 1.165) is 31.6 Å². The number of hydrogen-bond acceptors (Lipinski definition) is 4. The van der Waals surface area contributed by atoms with Crippen molar-refractivity contribution in [2.24, 2.45) is 0 Å². The fourth-order valence-corrected chi connectivity index (χ4v) is 2.34. The normalized spacial score (nSPS) is 19.6. The molecule has 0 spiro atoms. The van der Waals surface area contributed by atoms with E-state index in [0.29, 0.717) is 0 Å². The molecule has 110 valence electrons. The molecule has 0 saturated carbocycles. The van der Waals surface area contributed by atoms with E-state index in [1.807, 2.05) is 39.1 Å². The van der Waals surface area contributed by atoms with Crippen LogP contribution in [-0.2, 0) is 4.74 Å². The number of anilines is 1. The highest BCUT2D eigenvalue weighted by molar-refractivity contribution is 5.68. The van der Waals surface area contributed by atoms with Crippen molar-refractivity contribution in [1.29, 1.82) is 0 Å². The topological polar surface area (TPSA) is 54.5 Å². The lowest BCUT2D eigenvalue weighted by Gasteiger charge is -2.34. The van der Waals surface area contributed by atoms with Gasteiger partial charge in [-0.05, 0) is 45.7 Å². The summed E-state index contributed by atoms with van der Waals surface area (Å²) < 4.78 is 5.30. The molecular weight excluding hydrogens is 254 g/mol. The standard InChI is InChI=1S/C15H23N3O2/c1-15(2,3)20-14(19)17-12-6-5-9-18(11-12)13-7-4-8-16-10-13/h4,7-8,10,12H,5-6,9,11H2,1-3H3,(H,17,19)/t12-/m0/s1. The highest BCUT2D eigenvalue weighted by Gasteiger charge is 2.24. The molecule has 1 fully saturated rings. The maximum atomic E-state index is 11.8. The van der Waals surface area contributed by atoms with E-state index in [2.05, 4.69) is 15.2 Å². The van der Waals surface area contributed by atoms with Crippen LogP contribution in [0.4, 0.5) is 10.5 Å². The molecule has 1 atom stereocenters. The SMILES string of the molecule is CC(C)(C)OC(=O)N[C@H]1CCCN(c2cccnc2)C1. The van der Waals surface area contributed by atoms with Crippen LogP contribution in [0, 0.1) is 0 Å². The Bertz CT molecular complexity index is 442. The number of pyridine rings is 1. The Hall–Kier alpha value is -1.78. The molecule has 1 aliphatic heterocycles. The van der Waals surface area contributed by atoms with Crippen molar-refractivity contribution in [2.75, 3.05) is 18.0 Å². The van der Waals surface area contributed by atoms with Crippen LogP contribution in [0.25, 0.3) is 0 Å². The first kappa shape index (κ1) is 14.6. The average Bonchev–Trinajstić information content (AvgIpc) is 2.38. The van der Waals surface area contributed by atoms with Gasteiger partial charge in [0.2, 0.25) is 0 Å². The number of amides is 1. The van der Waals surface area contributed by atoms with E-state index in [-0.39, 0.29) is 12.1 Å². The number of ether oxygens (including phenoxy) is 1. The monoisotopic (exact) mass is 277 g/mol. The summed E-state index contributed by atoms with van der Waals surface area (Å²) in [7, 11) is 0. The first-order chi connectivity index (χ1) is 9.44. The number of hydrogen-bond donors (Lipinski definition) is 1. The molecule has 0 radical (unpaired) electrons. The fourth-order valence-electron chi connectivity index (χ4n) is 2.34. The van der Waals surface area contributed by atoms with Gasteiger partial charge in [0, 0.05) is 25.3 Å². The minimum Gasteiger partial charge on any atom is -0.444 e. The molecule has 0 aromatic carbocycles. The number of nitrogens with one attached hydrogen (secondary N) is 1. The fraction of sp³-hybridized carbons (Fsp3) is 0.600. The van der Waals surface area contributed by atoms with Gasteiger partial charge < -0.3 is 15.0 Å². The molecule has 1 aliphatic rings. The Morgan fingerprint density at radius 3 is 2.95 bits per heavy atom. The summed E-state index contributed by atoms with van der Waals surface area (Å²) in [5, 5.41) is 2.95. The van der Waals surface area contributed by atoms with Gasteiger partial charge in [0.05, 0.1) is 11.9 Å². The first-order valence-corrected chi connectivity index (χ1v) is 7.08. The zero-order chi connectivity index (χ0) is 14.6. The molecule has 1 amide bonds. The molecule has 1 N–H and O–H groups in total. The van der Waals surface area contributed by atoms with Crippen molar-refractivity contribution in [3.05, 3.63) is 24.5 Å². The molecular formula is C15H23N3O2. The van der Waals surface area contributed by atoms with Crippen LogP contribution in [0.2, 0.25) is 0 Å². The maximum absolute atomic E-state index is 11.8.